The smallest absolute Gasteiger partial charge is 0.0642 e. The Morgan fingerprint density at radius 2 is 2.24 bits per heavy atom. The van der Waals surface area contributed by atoms with Gasteiger partial charge in [0.05, 0.1) is 11.7 Å². The summed E-state index contributed by atoms with van der Waals surface area (Å²) < 4.78 is 2.06. The predicted octanol–water partition coefficient (Wildman–Crippen LogP) is 1.70. The van der Waals surface area contributed by atoms with Crippen LogP contribution in [0.15, 0.2) is 6.20 Å². The van der Waals surface area contributed by atoms with Crippen molar-refractivity contribution in [1.82, 2.24) is 14.7 Å². The van der Waals surface area contributed by atoms with Gasteiger partial charge in [0.1, 0.15) is 0 Å². The highest BCUT2D eigenvalue weighted by atomic mass is 15.3. The fourth-order valence-corrected chi connectivity index (χ4v) is 2.83. The van der Waals surface area contributed by atoms with Crippen LogP contribution in [0.5, 0.6) is 0 Å². The third-order valence-corrected chi connectivity index (χ3v) is 3.71. The summed E-state index contributed by atoms with van der Waals surface area (Å²) >= 11 is 0. The molecule has 2 atom stereocenters. The molecule has 0 saturated carbocycles. The highest BCUT2D eigenvalue weighted by Gasteiger charge is 2.33. The Bertz CT molecular complexity index is 371. The Labute approximate surface area is 104 Å². The molecule has 0 aromatic carbocycles. The molecule has 0 bridgehead atoms. The first-order valence-corrected chi connectivity index (χ1v) is 6.71. The number of likely N-dealkylation sites (tertiary alicyclic amines) is 1. The molecule has 1 aliphatic heterocycles. The van der Waals surface area contributed by atoms with E-state index in [2.05, 4.69) is 41.6 Å². The maximum atomic E-state index is 6.25. The molecule has 1 aromatic rings. The summed E-state index contributed by atoms with van der Waals surface area (Å²) in [5, 5.41) is 4.58. The first-order chi connectivity index (χ1) is 8.17. The Hall–Kier alpha value is -0.870. The van der Waals surface area contributed by atoms with E-state index in [0.717, 1.165) is 38.2 Å². The Kier molecular flexibility index (Phi) is 3.84. The number of hydrogen-bond acceptors (Lipinski definition) is 3. The predicted molar refractivity (Wildman–Crippen MR) is 69.8 cm³/mol. The summed E-state index contributed by atoms with van der Waals surface area (Å²) in [5.74, 6) is 0. The molecule has 1 aliphatic rings. The lowest BCUT2D eigenvalue weighted by molar-refractivity contribution is 0.260. The van der Waals surface area contributed by atoms with Crippen molar-refractivity contribution in [2.75, 3.05) is 13.1 Å². The van der Waals surface area contributed by atoms with E-state index < -0.39 is 0 Å². The highest BCUT2D eigenvalue weighted by molar-refractivity contribution is 5.23. The average molecular weight is 236 g/mol. The van der Waals surface area contributed by atoms with Crippen molar-refractivity contribution in [3.05, 3.63) is 17.5 Å². The topological polar surface area (TPSA) is 47.1 Å². The maximum absolute atomic E-state index is 6.25. The second-order valence-electron chi connectivity index (χ2n) is 4.96. The van der Waals surface area contributed by atoms with Gasteiger partial charge in [0.2, 0.25) is 0 Å². The number of nitrogens with zero attached hydrogens (tertiary/aromatic N) is 3. The summed E-state index contributed by atoms with van der Waals surface area (Å²) in [5.41, 5.74) is 8.71. The van der Waals surface area contributed by atoms with Gasteiger partial charge >= 0.3 is 0 Å². The molecule has 2 rings (SSSR count). The molecule has 96 valence electrons. The Balaban J connectivity index is 2.25. The van der Waals surface area contributed by atoms with Gasteiger partial charge in [-0.25, -0.2) is 0 Å². The third kappa shape index (κ3) is 2.38. The molecule has 4 heteroatoms. The van der Waals surface area contributed by atoms with Crippen LogP contribution < -0.4 is 5.73 Å². The van der Waals surface area contributed by atoms with Crippen molar-refractivity contribution in [2.45, 2.75) is 52.2 Å². The van der Waals surface area contributed by atoms with Crippen LogP contribution >= 0.6 is 0 Å². The van der Waals surface area contributed by atoms with E-state index in [1.54, 1.807) is 0 Å². The minimum absolute atomic E-state index is 0.257. The van der Waals surface area contributed by atoms with E-state index in [-0.39, 0.29) is 6.04 Å². The largest absolute Gasteiger partial charge is 0.326 e. The van der Waals surface area contributed by atoms with Gasteiger partial charge in [-0.2, -0.15) is 5.10 Å². The van der Waals surface area contributed by atoms with Crippen molar-refractivity contribution in [3.8, 4) is 0 Å². The average Bonchev–Trinajstić information content (AvgIpc) is 2.82. The summed E-state index contributed by atoms with van der Waals surface area (Å²) in [7, 11) is 0. The lowest BCUT2D eigenvalue weighted by atomic mass is 10.0. The summed E-state index contributed by atoms with van der Waals surface area (Å²) in [6.45, 7) is 9.65. The third-order valence-electron chi connectivity index (χ3n) is 3.71. The minimum atomic E-state index is 0.257. The SMILES string of the molecule is CCCn1cc(C2C(N)CCN2CC)c(C)n1. The molecule has 0 aliphatic carbocycles. The molecule has 17 heavy (non-hydrogen) atoms. The van der Waals surface area contributed by atoms with Crippen LogP contribution in [0, 0.1) is 6.92 Å². The van der Waals surface area contributed by atoms with Crippen LogP contribution in [-0.4, -0.2) is 33.8 Å². The zero-order chi connectivity index (χ0) is 12.4. The molecular weight excluding hydrogens is 212 g/mol. The van der Waals surface area contributed by atoms with E-state index in [9.17, 15) is 0 Å². The Morgan fingerprint density at radius 3 is 2.88 bits per heavy atom. The second-order valence-corrected chi connectivity index (χ2v) is 4.96. The van der Waals surface area contributed by atoms with Crippen molar-refractivity contribution in [1.29, 1.82) is 0 Å². The number of aryl methyl sites for hydroxylation is 2. The summed E-state index contributed by atoms with van der Waals surface area (Å²) in [6.07, 6.45) is 4.41. The molecule has 2 N–H and O–H groups in total. The number of nitrogens with two attached hydrogens (primary N) is 1. The fraction of sp³-hybridized carbons (Fsp3) is 0.769. The van der Waals surface area contributed by atoms with Gasteiger partial charge in [0.25, 0.3) is 0 Å². The van der Waals surface area contributed by atoms with Gasteiger partial charge in [-0.15, -0.1) is 0 Å². The van der Waals surface area contributed by atoms with Gasteiger partial charge in [-0.3, -0.25) is 9.58 Å². The van der Waals surface area contributed by atoms with Gasteiger partial charge < -0.3 is 5.73 Å². The van der Waals surface area contributed by atoms with Gasteiger partial charge in [0.15, 0.2) is 0 Å². The van der Waals surface area contributed by atoms with Crippen LogP contribution in [0.3, 0.4) is 0 Å². The fourth-order valence-electron chi connectivity index (χ4n) is 2.83. The van der Waals surface area contributed by atoms with E-state index in [4.69, 9.17) is 5.73 Å². The maximum Gasteiger partial charge on any atom is 0.0642 e. The molecule has 0 radical (unpaired) electrons. The molecule has 1 fully saturated rings. The van der Waals surface area contributed by atoms with Crippen LogP contribution in [0.25, 0.3) is 0 Å². The quantitative estimate of drug-likeness (QED) is 0.865. The van der Waals surface area contributed by atoms with E-state index in [1.807, 2.05) is 0 Å². The second kappa shape index (κ2) is 5.19. The van der Waals surface area contributed by atoms with Crippen LogP contribution in [0.1, 0.15) is 44.0 Å². The first-order valence-electron chi connectivity index (χ1n) is 6.71. The van der Waals surface area contributed by atoms with Crippen molar-refractivity contribution >= 4 is 0 Å². The van der Waals surface area contributed by atoms with Crippen LogP contribution in [0.4, 0.5) is 0 Å². The lowest BCUT2D eigenvalue weighted by Gasteiger charge is -2.25. The minimum Gasteiger partial charge on any atom is -0.326 e. The van der Waals surface area contributed by atoms with Crippen molar-refractivity contribution < 1.29 is 0 Å². The summed E-state index contributed by atoms with van der Waals surface area (Å²) in [6, 6.07) is 0.624. The van der Waals surface area contributed by atoms with Crippen LogP contribution in [-0.2, 0) is 6.54 Å². The first kappa shape index (κ1) is 12.6. The van der Waals surface area contributed by atoms with Crippen LogP contribution in [0.2, 0.25) is 0 Å². The number of likely N-dealkylation sites (N-methyl/N-ethyl adjacent to an activating group) is 1. The van der Waals surface area contributed by atoms with E-state index in [1.165, 1.54) is 5.56 Å². The molecule has 1 saturated heterocycles. The number of aromatic nitrogens is 2. The molecule has 1 aromatic heterocycles. The Morgan fingerprint density at radius 1 is 1.47 bits per heavy atom. The molecule has 0 amide bonds. The zero-order valence-electron chi connectivity index (χ0n) is 11.2. The normalized spacial score (nSPS) is 25.6. The molecule has 2 heterocycles. The lowest BCUT2D eigenvalue weighted by Crippen LogP contribution is -2.31. The molecule has 2 unspecified atom stereocenters. The van der Waals surface area contributed by atoms with Crippen molar-refractivity contribution in [2.24, 2.45) is 5.73 Å². The molecule has 0 spiro atoms. The standard InChI is InChI=1S/C13H24N4/c1-4-7-17-9-11(10(3)15-17)13-12(14)6-8-16(13)5-2/h9,12-13H,4-8,14H2,1-3H3. The van der Waals surface area contributed by atoms with Gasteiger partial charge in [-0.05, 0) is 26.3 Å². The number of hydrogen-bond donors (Lipinski definition) is 1. The number of rotatable bonds is 4. The van der Waals surface area contributed by atoms with Gasteiger partial charge in [-0.1, -0.05) is 13.8 Å². The van der Waals surface area contributed by atoms with E-state index in [0.29, 0.717) is 6.04 Å². The monoisotopic (exact) mass is 236 g/mol. The van der Waals surface area contributed by atoms with E-state index >= 15 is 0 Å². The zero-order valence-corrected chi connectivity index (χ0v) is 11.2. The molecule has 4 nitrogen and oxygen atoms in total. The summed E-state index contributed by atoms with van der Waals surface area (Å²) in [4.78, 5) is 2.46. The highest BCUT2D eigenvalue weighted by Crippen LogP contribution is 2.32. The van der Waals surface area contributed by atoms with Gasteiger partial charge in [0, 0.05) is 30.9 Å². The van der Waals surface area contributed by atoms with Crippen molar-refractivity contribution in [3.63, 3.8) is 0 Å². The molecular formula is C13H24N4.